The summed E-state index contributed by atoms with van der Waals surface area (Å²) in [6, 6.07) is 3.94. The van der Waals surface area contributed by atoms with Gasteiger partial charge in [0.25, 0.3) is 0 Å². The molecule has 1 fully saturated rings. The summed E-state index contributed by atoms with van der Waals surface area (Å²) in [4.78, 5) is 11.9. The number of carboxylic acid groups (broad SMARTS) is 1. The van der Waals surface area contributed by atoms with Crippen LogP contribution in [0.3, 0.4) is 0 Å². The van der Waals surface area contributed by atoms with E-state index in [9.17, 15) is 4.79 Å². The molecular weight excluding hydrogens is 186 g/mol. The van der Waals surface area contributed by atoms with E-state index in [1.165, 1.54) is 4.88 Å². The lowest BCUT2D eigenvalue weighted by Gasteiger charge is -2.08. The van der Waals surface area contributed by atoms with Crippen molar-refractivity contribution in [2.75, 3.05) is 0 Å². The average molecular weight is 197 g/mol. The van der Waals surface area contributed by atoms with Crippen molar-refractivity contribution < 1.29 is 9.90 Å². The van der Waals surface area contributed by atoms with Crippen LogP contribution in [0.25, 0.3) is 0 Å². The van der Waals surface area contributed by atoms with E-state index in [2.05, 4.69) is 5.32 Å². The van der Waals surface area contributed by atoms with Crippen molar-refractivity contribution >= 4 is 17.3 Å². The van der Waals surface area contributed by atoms with Crippen LogP contribution in [0.15, 0.2) is 17.5 Å². The van der Waals surface area contributed by atoms with E-state index in [1.54, 1.807) is 11.3 Å². The van der Waals surface area contributed by atoms with Crippen LogP contribution < -0.4 is 5.32 Å². The highest BCUT2D eigenvalue weighted by Crippen LogP contribution is 2.29. The molecule has 0 spiro atoms. The Kier molecular flexibility index (Phi) is 2.33. The first-order valence-electron chi connectivity index (χ1n) is 4.29. The molecule has 70 valence electrons. The van der Waals surface area contributed by atoms with E-state index in [0.29, 0.717) is 0 Å². The van der Waals surface area contributed by atoms with Gasteiger partial charge in [-0.2, -0.15) is 0 Å². The molecule has 0 radical (unpaired) electrons. The third kappa shape index (κ3) is 1.73. The molecule has 0 saturated carbocycles. The number of nitrogens with one attached hydrogen (secondary N) is 1. The molecule has 2 heterocycles. The van der Waals surface area contributed by atoms with E-state index in [4.69, 9.17) is 5.11 Å². The molecule has 0 amide bonds. The van der Waals surface area contributed by atoms with Crippen molar-refractivity contribution in [3.05, 3.63) is 22.4 Å². The summed E-state index contributed by atoms with van der Waals surface area (Å²) < 4.78 is 0. The van der Waals surface area contributed by atoms with Gasteiger partial charge in [0.2, 0.25) is 0 Å². The first-order chi connectivity index (χ1) is 6.27. The molecule has 2 rings (SSSR count). The largest absolute Gasteiger partial charge is 0.480 e. The number of rotatable bonds is 2. The average Bonchev–Trinajstić information content (AvgIpc) is 2.75. The molecule has 3 nitrogen and oxygen atoms in total. The standard InChI is InChI=1S/C9H11NO2S/c11-9(12)7-4-3-6(10-7)8-2-1-5-13-8/h1-2,5-7,10H,3-4H2,(H,11,12)/t6-,7-/m1/s1. The van der Waals surface area contributed by atoms with Gasteiger partial charge in [0.1, 0.15) is 6.04 Å². The Hall–Kier alpha value is -0.870. The summed E-state index contributed by atoms with van der Waals surface area (Å²) in [5, 5.41) is 13.9. The second kappa shape index (κ2) is 3.47. The van der Waals surface area contributed by atoms with Crippen LogP contribution in [0, 0.1) is 0 Å². The van der Waals surface area contributed by atoms with E-state index < -0.39 is 5.97 Å². The molecule has 4 heteroatoms. The monoisotopic (exact) mass is 197 g/mol. The molecular formula is C9H11NO2S. The zero-order valence-corrected chi connectivity index (χ0v) is 7.88. The second-order valence-corrected chi connectivity index (χ2v) is 4.18. The molecule has 0 aliphatic carbocycles. The summed E-state index contributed by atoms with van der Waals surface area (Å²) in [6.45, 7) is 0. The molecule has 0 unspecified atom stereocenters. The van der Waals surface area contributed by atoms with Crippen LogP contribution in [-0.2, 0) is 4.79 Å². The minimum atomic E-state index is -0.737. The fraction of sp³-hybridized carbons (Fsp3) is 0.444. The molecule has 0 bridgehead atoms. The van der Waals surface area contributed by atoms with Crippen LogP contribution in [0.1, 0.15) is 23.8 Å². The number of thiophene rings is 1. The van der Waals surface area contributed by atoms with Gasteiger partial charge < -0.3 is 5.11 Å². The minimum Gasteiger partial charge on any atom is -0.480 e. The van der Waals surface area contributed by atoms with E-state index in [1.807, 2.05) is 17.5 Å². The Bertz CT molecular complexity index is 297. The van der Waals surface area contributed by atoms with Gasteiger partial charge in [0, 0.05) is 10.9 Å². The second-order valence-electron chi connectivity index (χ2n) is 3.20. The highest BCUT2D eigenvalue weighted by Gasteiger charge is 2.29. The van der Waals surface area contributed by atoms with Gasteiger partial charge in [-0.15, -0.1) is 11.3 Å². The van der Waals surface area contributed by atoms with Crippen molar-refractivity contribution in [2.45, 2.75) is 24.9 Å². The van der Waals surface area contributed by atoms with Crippen molar-refractivity contribution in [3.8, 4) is 0 Å². The van der Waals surface area contributed by atoms with Crippen molar-refractivity contribution in [2.24, 2.45) is 0 Å². The third-order valence-corrected chi connectivity index (χ3v) is 3.32. The van der Waals surface area contributed by atoms with Crippen molar-refractivity contribution in [3.63, 3.8) is 0 Å². The van der Waals surface area contributed by atoms with Crippen molar-refractivity contribution in [1.29, 1.82) is 0 Å². The Balaban J connectivity index is 2.03. The Morgan fingerprint density at radius 3 is 3.00 bits per heavy atom. The maximum atomic E-state index is 10.7. The maximum Gasteiger partial charge on any atom is 0.320 e. The van der Waals surface area contributed by atoms with Crippen LogP contribution in [-0.4, -0.2) is 17.1 Å². The van der Waals surface area contributed by atoms with Gasteiger partial charge in [-0.25, -0.2) is 0 Å². The molecule has 1 aromatic heterocycles. The van der Waals surface area contributed by atoms with Crippen molar-refractivity contribution in [1.82, 2.24) is 5.32 Å². The summed E-state index contributed by atoms with van der Waals surface area (Å²) in [7, 11) is 0. The molecule has 2 atom stereocenters. The number of carboxylic acids is 1. The summed E-state index contributed by atoms with van der Waals surface area (Å²) >= 11 is 1.68. The first-order valence-corrected chi connectivity index (χ1v) is 5.17. The number of carbonyl (C=O) groups is 1. The van der Waals surface area contributed by atoms with Crippen LogP contribution in [0.2, 0.25) is 0 Å². The molecule has 13 heavy (non-hydrogen) atoms. The van der Waals surface area contributed by atoms with E-state index in [-0.39, 0.29) is 12.1 Å². The molecule has 1 aliphatic rings. The van der Waals surface area contributed by atoms with Gasteiger partial charge in [-0.05, 0) is 24.3 Å². The third-order valence-electron chi connectivity index (χ3n) is 2.33. The first kappa shape index (κ1) is 8.72. The molecule has 1 aliphatic heterocycles. The maximum absolute atomic E-state index is 10.7. The Morgan fingerprint density at radius 2 is 2.46 bits per heavy atom. The molecule has 1 aromatic rings. The summed E-state index contributed by atoms with van der Waals surface area (Å²) in [5.41, 5.74) is 0. The quantitative estimate of drug-likeness (QED) is 0.757. The number of hydrogen-bond donors (Lipinski definition) is 2. The van der Waals surface area contributed by atoms with Gasteiger partial charge in [-0.1, -0.05) is 6.07 Å². The van der Waals surface area contributed by atoms with Gasteiger partial charge >= 0.3 is 5.97 Å². The van der Waals surface area contributed by atoms with Crippen LogP contribution in [0.4, 0.5) is 0 Å². The topological polar surface area (TPSA) is 49.3 Å². The van der Waals surface area contributed by atoms with E-state index in [0.717, 1.165) is 12.8 Å². The minimum absolute atomic E-state index is 0.251. The number of hydrogen-bond acceptors (Lipinski definition) is 3. The molecule has 2 N–H and O–H groups in total. The molecule has 1 saturated heterocycles. The SMILES string of the molecule is O=C(O)[C@H]1CC[C@H](c2cccs2)N1. The highest BCUT2D eigenvalue weighted by atomic mass is 32.1. The predicted octanol–water partition coefficient (Wildman–Crippen LogP) is 1.63. The fourth-order valence-corrected chi connectivity index (χ4v) is 2.47. The Morgan fingerprint density at radius 1 is 1.62 bits per heavy atom. The van der Waals surface area contributed by atoms with Crippen LogP contribution in [0.5, 0.6) is 0 Å². The zero-order valence-electron chi connectivity index (χ0n) is 7.06. The number of aliphatic carboxylic acids is 1. The predicted molar refractivity (Wildman–Crippen MR) is 50.9 cm³/mol. The summed E-state index contributed by atoms with van der Waals surface area (Å²) in [5.74, 6) is -0.737. The smallest absolute Gasteiger partial charge is 0.320 e. The fourth-order valence-electron chi connectivity index (χ4n) is 1.65. The Labute approximate surface area is 80.4 Å². The lowest BCUT2D eigenvalue weighted by molar-refractivity contribution is -0.139. The van der Waals surface area contributed by atoms with Gasteiger partial charge in [0.15, 0.2) is 0 Å². The van der Waals surface area contributed by atoms with Gasteiger partial charge in [0.05, 0.1) is 0 Å². The normalized spacial score (nSPS) is 27.7. The van der Waals surface area contributed by atoms with Gasteiger partial charge in [-0.3, -0.25) is 10.1 Å². The zero-order chi connectivity index (χ0) is 9.26. The summed E-state index contributed by atoms with van der Waals surface area (Å²) in [6.07, 6.45) is 1.66. The lowest BCUT2D eigenvalue weighted by Crippen LogP contribution is -2.31. The highest BCUT2D eigenvalue weighted by molar-refractivity contribution is 7.10. The van der Waals surface area contributed by atoms with E-state index >= 15 is 0 Å². The lowest BCUT2D eigenvalue weighted by atomic mass is 10.2. The molecule has 0 aromatic carbocycles. The van der Waals surface area contributed by atoms with Crippen LogP contribution >= 0.6 is 11.3 Å².